The van der Waals surface area contributed by atoms with E-state index in [4.69, 9.17) is 14.2 Å². The molecule has 0 aliphatic carbocycles. The highest BCUT2D eigenvalue weighted by Crippen LogP contribution is 2.38. The van der Waals surface area contributed by atoms with Crippen molar-refractivity contribution in [2.24, 2.45) is 5.10 Å². The first-order valence-corrected chi connectivity index (χ1v) is 8.61. The Kier molecular flexibility index (Phi) is 7.74. The standard InChI is InChI=1S/C20H21N3O7/c1-28-15-8-14(9-16(29-2)18(15)30-3)19(25)21-11-17(24)23-22-10-12-4-6-13(7-5-12)20(26)27/h4-10H,11H2,1-3H3,(H,21,25)(H,23,24)(H,26,27)/p-1/b22-10-. The predicted octanol–water partition coefficient (Wildman–Crippen LogP) is -0.0440. The summed E-state index contributed by atoms with van der Waals surface area (Å²) in [5.41, 5.74) is 3.08. The number of benzene rings is 2. The highest BCUT2D eigenvalue weighted by molar-refractivity contribution is 5.97. The van der Waals surface area contributed by atoms with Gasteiger partial charge in [-0.05, 0) is 23.3 Å². The van der Waals surface area contributed by atoms with Gasteiger partial charge in [-0.2, -0.15) is 5.10 Å². The number of nitrogens with one attached hydrogen (secondary N) is 2. The molecule has 0 atom stereocenters. The quantitative estimate of drug-likeness (QED) is 0.433. The maximum atomic E-state index is 12.3. The van der Waals surface area contributed by atoms with E-state index in [-0.39, 0.29) is 17.7 Å². The fourth-order valence-electron chi connectivity index (χ4n) is 2.40. The SMILES string of the molecule is COc1cc(C(=O)NCC(=O)N/N=C\c2ccc(C(=O)[O-])cc2)cc(OC)c1OC. The first kappa shape index (κ1) is 22.2. The number of carboxylic acid groups (broad SMARTS) is 1. The summed E-state index contributed by atoms with van der Waals surface area (Å²) in [6, 6.07) is 8.65. The number of nitrogens with zero attached hydrogens (tertiary/aromatic N) is 1. The Morgan fingerprint density at radius 1 is 0.967 bits per heavy atom. The Balaban J connectivity index is 1.92. The van der Waals surface area contributed by atoms with Crippen molar-refractivity contribution in [3.05, 3.63) is 53.1 Å². The van der Waals surface area contributed by atoms with Crippen LogP contribution in [0, 0.1) is 0 Å². The van der Waals surface area contributed by atoms with Crippen LogP contribution in [0.25, 0.3) is 0 Å². The van der Waals surface area contributed by atoms with Gasteiger partial charge < -0.3 is 29.4 Å². The lowest BCUT2D eigenvalue weighted by molar-refractivity contribution is -0.255. The van der Waals surface area contributed by atoms with Crippen LogP contribution < -0.4 is 30.1 Å². The number of aromatic carboxylic acids is 1. The normalized spacial score (nSPS) is 10.4. The summed E-state index contributed by atoms with van der Waals surface area (Å²) >= 11 is 0. The van der Waals surface area contributed by atoms with Gasteiger partial charge in [-0.3, -0.25) is 9.59 Å². The topological polar surface area (TPSA) is 138 Å². The summed E-state index contributed by atoms with van der Waals surface area (Å²) in [5, 5.41) is 16.9. The van der Waals surface area contributed by atoms with Crippen molar-refractivity contribution < 1.29 is 33.7 Å². The van der Waals surface area contributed by atoms with Crippen molar-refractivity contribution in [3.8, 4) is 17.2 Å². The van der Waals surface area contributed by atoms with Gasteiger partial charge in [0, 0.05) is 5.56 Å². The molecule has 10 heteroatoms. The van der Waals surface area contributed by atoms with Gasteiger partial charge in [0.1, 0.15) is 0 Å². The van der Waals surface area contributed by atoms with E-state index in [9.17, 15) is 19.5 Å². The van der Waals surface area contributed by atoms with Crippen LogP contribution in [0.4, 0.5) is 0 Å². The molecule has 0 bridgehead atoms. The number of amides is 2. The lowest BCUT2D eigenvalue weighted by Gasteiger charge is -2.14. The Hall–Kier alpha value is -4.08. The van der Waals surface area contributed by atoms with Crippen molar-refractivity contribution in [1.82, 2.24) is 10.7 Å². The molecule has 10 nitrogen and oxygen atoms in total. The van der Waals surface area contributed by atoms with Crippen LogP contribution in [0.5, 0.6) is 17.2 Å². The van der Waals surface area contributed by atoms with Gasteiger partial charge in [0.25, 0.3) is 11.8 Å². The van der Waals surface area contributed by atoms with Gasteiger partial charge in [0.2, 0.25) is 5.75 Å². The van der Waals surface area contributed by atoms with Crippen LogP contribution in [0.1, 0.15) is 26.3 Å². The molecule has 0 saturated heterocycles. The van der Waals surface area contributed by atoms with E-state index in [0.717, 1.165) is 0 Å². The fourth-order valence-corrected chi connectivity index (χ4v) is 2.40. The highest BCUT2D eigenvalue weighted by Gasteiger charge is 2.17. The van der Waals surface area contributed by atoms with E-state index in [2.05, 4.69) is 15.8 Å². The number of hydrazone groups is 1. The number of methoxy groups -OCH3 is 3. The first-order valence-electron chi connectivity index (χ1n) is 8.61. The summed E-state index contributed by atoms with van der Waals surface area (Å²) < 4.78 is 15.6. The second-order valence-corrected chi connectivity index (χ2v) is 5.80. The minimum absolute atomic E-state index is 0.0330. The predicted molar refractivity (Wildman–Crippen MR) is 105 cm³/mol. The molecule has 0 fully saturated rings. The van der Waals surface area contributed by atoms with E-state index in [0.29, 0.717) is 22.8 Å². The number of carbonyl (C=O) groups excluding carboxylic acids is 3. The van der Waals surface area contributed by atoms with Gasteiger partial charge in [0.15, 0.2) is 11.5 Å². The maximum Gasteiger partial charge on any atom is 0.259 e. The number of carboxylic acids is 1. The van der Waals surface area contributed by atoms with Crippen molar-refractivity contribution in [3.63, 3.8) is 0 Å². The second kappa shape index (κ2) is 10.5. The summed E-state index contributed by atoms with van der Waals surface area (Å²) in [6.45, 7) is -0.323. The molecule has 158 valence electrons. The van der Waals surface area contributed by atoms with Crippen LogP contribution >= 0.6 is 0 Å². The molecule has 0 spiro atoms. The van der Waals surface area contributed by atoms with E-state index >= 15 is 0 Å². The molecular weight excluding hydrogens is 394 g/mol. The fraction of sp³-hybridized carbons (Fsp3) is 0.200. The van der Waals surface area contributed by atoms with E-state index in [1.807, 2.05) is 0 Å². The number of hydrogen-bond donors (Lipinski definition) is 2. The van der Waals surface area contributed by atoms with Crippen molar-refractivity contribution in [1.29, 1.82) is 0 Å². The lowest BCUT2D eigenvalue weighted by atomic mass is 10.1. The highest BCUT2D eigenvalue weighted by atomic mass is 16.5. The van der Waals surface area contributed by atoms with E-state index in [1.165, 1.54) is 63.9 Å². The summed E-state index contributed by atoms with van der Waals surface area (Å²) in [4.78, 5) is 34.9. The van der Waals surface area contributed by atoms with E-state index < -0.39 is 17.8 Å². The van der Waals surface area contributed by atoms with Crippen molar-refractivity contribution in [2.45, 2.75) is 0 Å². The number of hydrogen-bond acceptors (Lipinski definition) is 8. The van der Waals surface area contributed by atoms with Crippen LogP contribution in [0.15, 0.2) is 41.5 Å². The van der Waals surface area contributed by atoms with Crippen molar-refractivity contribution >= 4 is 24.0 Å². The molecule has 0 unspecified atom stereocenters. The average molecular weight is 414 g/mol. The molecule has 0 radical (unpaired) electrons. The molecular formula is C20H20N3O7-. The third kappa shape index (κ3) is 5.71. The van der Waals surface area contributed by atoms with Gasteiger partial charge in [0.05, 0.1) is 40.1 Å². The zero-order valence-electron chi connectivity index (χ0n) is 16.6. The molecule has 2 N–H and O–H groups in total. The number of rotatable bonds is 9. The number of ether oxygens (including phenoxy) is 3. The van der Waals surface area contributed by atoms with Crippen molar-refractivity contribution in [2.75, 3.05) is 27.9 Å². The summed E-state index contributed by atoms with van der Waals surface area (Å²) in [7, 11) is 4.30. The van der Waals surface area contributed by atoms with Crippen LogP contribution in [0.3, 0.4) is 0 Å². The Bertz CT molecular complexity index is 930. The zero-order chi connectivity index (χ0) is 22.1. The molecule has 2 amide bonds. The Morgan fingerprint density at radius 3 is 2.07 bits per heavy atom. The third-order valence-electron chi connectivity index (χ3n) is 3.89. The minimum atomic E-state index is -1.28. The molecule has 0 aromatic heterocycles. The number of carbonyl (C=O) groups is 3. The molecule has 0 aliphatic rings. The summed E-state index contributed by atoms with van der Waals surface area (Å²) in [6.07, 6.45) is 1.33. The van der Waals surface area contributed by atoms with Gasteiger partial charge in [-0.15, -0.1) is 0 Å². The largest absolute Gasteiger partial charge is 0.545 e. The van der Waals surface area contributed by atoms with E-state index in [1.54, 1.807) is 0 Å². The monoisotopic (exact) mass is 414 g/mol. The van der Waals surface area contributed by atoms with Gasteiger partial charge in [-0.25, -0.2) is 5.43 Å². The Labute approximate surface area is 172 Å². The van der Waals surface area contributed by atoms with Crippen LogP contribution in [-0.2, 0) is 4.79 Å². The minimum Gasteiger partial charge on any atom is -0.545 e. The van der Waals surface area contributed by atoms with Crippen LogP contribution in [0.2, 0.25) is 0 Å². The molecule has 2 aromatic carbocycles. The second-order valence-electron chi connectivity index (χ2n) is 5.80. The molecule has 0 aliphatic heterocycles. The maximum absolute atomic E-state index is 12.3. The smallest absolute Gasteiger partial charge is 0.259 e. The first-order chi connectivity index (χ1) is 14.4. The molecule has 2 aromatic rings. The van der Waals surface area contributed by atoms with Crippen LogP contribution in [-0.4, -0.2) is 51.9 Å². The van der Waals surface area contributed by atoms with Gasteiger partial charge in [-0.1, -0.05) is 24.3 Å². The molecule has 0 heterocycles. The summed E-state index contributed by atoms with van der Waals surface area (Å²) in [5.74, 6) is -1.41. The zero-order valence-corrected chi connectivity index (χ0v) is 16.6. The average Bonchev–Trinajstić information content (AvgIpc) is 2.76. The molecule has 0 saturated carbocycles. The van der Waals surface area contributed by atoms with Gasteiger partial charge >= 0.3 is 0 Å². The lowest BCUT2D eigenvalue weighted by Crippen LogP contribution is -2.34. The third-order valence-corrected chi connectivity index (χ3v) is 3.89. The Morgan fingerprint density at radius 2 is 1.57 bits per heavy atom. The molecule has 30 heavy (non-hydrogen) atoms. The molecule has 2 rings (SSSR count).